The lowest BCUT2D eigenvalue weighted by molar-refractivity contribution is -0.127. The van der Waals surface area contributed by atoms with E-state index in [1.165, 1.54) is 6.92 Å². The molecule has 0 N–H and O–H groups in total. The highest BCUT2D eigenvalue weighted by Gasteiger charge is 2.18. The van der Waals surface area contributed by atoms with Gasteiger partial charge in [-0.3, -0.25) is 4.79 Å². The Hall–Kier alpha value is -0.990. The van der Waals surface area contributed by atoms with Crippen molar-refractivity contribution in [3.63, 3.8) is 0 Å². The molecule has 0 spiro atoms. The molecule has 2 atom stereocenters. The Morgan fingerprint density at radius 1 is 0.944 bits per heavy atom. The molecule has 0 aliphatic carbocycles. The first-order valence-corrected chi connectivity index (χ1v) is 6.88. The van der Waals surface area contributed by atoms with Gasteiger partial charge < -0.3 is 9.59 Å². The van der Waals surface area contributed by atoms with Gasteiger partial charge in [-0.2, -0.15) is 0 Å². The third-order valence-electron chi connectivity index (χ3n) is 3.22. The van der Waals surface area contributed by atoms with Crippen LogP contribution in [-0.2, 0) is 14.4 Å². The van der Waals surface area contributed by atoms with Crippen LogP contribution in [0.1, 0.15) is 66.2 Å². The number of hydrogen-bond donors (Lipinski definition) is 0. The van der Waals surface area contributed by atoms with Crippen LogP contribution < -0.4 is 0 Å². The molecule has 0 aliphatic rings. The fourth-order valence-corrected chi connectivity index (χ4v) is 2.32. The quantitative estimate of drug-likeness (QED) is 0.600. The first-order chi connectivity index (χ1) is 8.36. The van der Waals surface area contributed by atoms with Crippen molar-refractivity contribution >= 4 is 17.3 Å². The summed E-state index contributed by atoms with van der Waals surface area (Å²) in [4.78, 5) is 33.8. The maximum absolute atomic E-state index is 11.7. The van der Waals surface area contributed by atoms with Gasteiger partial charge in [0.05, 0.1) is 0 Å². The van der Waals surface area contributed by atoms with Crippen LogP contribution in [0.4, 0.5) is 0 Å². The van der Waals surface area contributed by atoms with Crippen molar-refractivity contribution in [2.75, 3.05) is 0 Å². The monoisotopic (exact) mass is 254 g/mol. The van der Waals surface area contributed by atoms with Crippen molar-refractivity contribution in [3.8, 4) is 0 Å². The second kappa shape index (κ2) is 9.01. The summed E-state index contributed by atoms with van der Waals surface area (Å²) in [5.74, 6) is 0.740. The third kappa shape index (κ3) is 8.15. The van der Waals surface area contributed by atoms with E-state index in [2.05, 4.69) is 6.92 Å². The summed E-state index contributed by atoms with van der Waals surface area (Å²) in [6.07, 6.45) is 4.12. The Labute approximate surface area is 110 Å². The molecule has 2 unspecified atom stereocenters. The largest absolute Gasteiger partial charge is 0.300 e. The van der Waals surface area contributed by atoms with Crippen LogP contribution in [0.2, 0.25) is 0 Å². The average molecular weight is 254 g/mol. The predicted molar refractivity (Wildman–Crippen MR) is 72.4 cm³/mol. The summed E-state index contributed by atoms with van der Waals surface area (Å²) < 4.78 is 0. The van der Waals surface area contributed by atoms with Gasteiger partial charge in [0.25, 0.3) is 0 Å². The minimum Gasteiger partial charge on any atom is -0.300 e. The Bertz CT molecular complexity index is 294. The van der Waals surface area contributed by atoms with Crippen LogP contribution in [0, 0.1) is 11.8 Å². The lowest BCUT2D eigenvalue weighted by Gasteiger charge is -2.15. The highest BCUT2D eigenvalue weighted by Crippen LogP contribution is 2.20. The zero-order chi connectivity index (χ0) is 14.1. The SMILES string of the molecule is CCC(=O)C(CCCC(C)CC(C)=O)CC(C)=O. The van der Waals surface area contributed by atoms with E-state index in [0.717, 1.165) is 19.3 Å². The Balaban J connectivity index is 4.07. The van der Waals surface area contributed by atoms with Gasteiger partial charge >= 0.3 is 0 Å². The van der Waals surface area contributed by atoms with Crippen molar-refractivity contribution in [1.29, 1.82) is 0 Å². The van der Waals surface area contributed by atoms with Crippen LogP contribution in [0.3, 0.4) is 0 Å². The summed E-state index contributed by atoms with van der Waals surface area (Å²) in [7, 11) is 0. The highest BCUT2D eigenvalue weighted by atomic mass is 16.1. The van der Waals surface area contributed by atoms with Crippen LogP contribution >= 0.6 is 0 Å². The normalized spacial score (nSPS) is 14.0. The summed E-state index contributed by atoms with van der Waals surface area (Å²) in [5.41, 5.74) is 0. The number of hydrogen-bond acceptors (Lipinski definition) is 3. The molecule has 0 bridgehead atoms. The zero-order valence-electron chi connectivity index (χ0n) is 12.1. The number of carbonyl (C=O) groups excluding carboxylic acids is 3. The summed E-state index contributed by atoms with van der Waals surface area (Å²) in [5, 5.41) is 0. The lowest BCUT2D eigenvalue weighted by Crippen LogP contribution is -2.17. The van der Waals surface area contributed by atoms with Crippen LogP contribution in [0.25, 0.3) is 0 Å². The van der Waals surface area contributed by atoms with Crippen molar-refractivity contribution in [1.82, 2.24) is 0 Å². The first kappa shape index (κ1) is 17.0. The Kier molecular flexibility index (Phi) is 8.51. The second-order valence-electron chi connectivity index (χ2n) is 5.37. The molecule has 0 rings (SSSR count). The van der Waals surface area contributed by atoms with E-state index in [9.17, 15) is 14.4 Å². The minimum atomic E-state index is -0.114. The van der Waals surface area contributed by atoms with Gasteiger partial charge in [0.2, 0.25) is 0 Å². The van der Waals surface area contributed by atoms with E-state index in [0.29, 0.717) is 25.2 Å². The van der Waals surface area contributed by atoms with Crippen LogP contribution in [-0.4, -0.2) is 17.3 Å². The van der Waals surface area contributed by atoms with Crippen molar-refractivity contribution < 1.29 is 14.4 Å². The fraction of sp³-hybridized carbons (Fsp3) is 0.800. The molecule has 0 fully saturated rings. The smallest absolute Gasteiger partial charge is 0.136 e. The van der Waals surface area contributed by atoms with Gasteiger partial charge in [-0.15, -0.1) is 0 Å². The minimum absolute atomic E-state index is 0.0820. The van der Waals surface area contributed by atoms with Crippen LogP contribution in [0.5, 0.6) is 0 Å². The number of Topliss-reactive ketones (excluding diaryl/α,β-unsaturated/α-hetero) is 3. The maximum atomic E-state index is 11.7. The number of ketones is 3. The van der Waals surface area contributed by atoms with Gasteiger partial charge in [-0.1, -0.05) is 26.7 Å². The van der Waals surface area contributed by atoms with E-state index >= 15 is 0 Å². The molecule has 0 aromatic heterocycles. The van der Waals surface area contributed by atoms with Crippen molar-refractivity contribution in [3.05, 3.63) is 0 Å². The Morgan fingerprint density at radius 2 is 1.50 bits per heavy atom. The molecule has 3 heteroatoms. The van der Waals surface area contributed by atoms with E-state index in [4.69, 9.17) is 0 Å². The third-order valence-corrected chi connectivity index (χ3v) is 3.22. The standard InChI is InChI=1S/C15H26O3/c1-5-15(18)14(10-13(4)17)8-6-7-11(2)9-12(3)16/h11,14H,5-10H2,1-4H3. The van der Waals surface area contributed by atoms with Crippen LogP contribution in [0.15, 0.2) is 0 Å². The van der Waals surface area contributed by atoms with E-state index < -0.39 is 0 Å². The molecule has 0 saturated heterocycles. The van der Waals surface area contributed by atoms with Crippen molar-refractivity contribution in [2.24, 2.45) is 11.8 Å². The lowest BCUT2D eigenvalue weighted by atomic mass is 9.89. The Morgan fingerprint density at radius 3 is 1.94 bits per heavy atom. The highest BCUT2D eigenvalue weighted by molar-refractivity contribution is 5.86. The summed E-state index contributed by atoms with van der Waals surface area (Å²) >= 11 is 0. The van der Waals surface area contributed by atoms with Gasteiger partial charge in [-0.25, -0.2) is 0 Å². The van der Waals surface area contributed by atoms with Gasteiger partial charge in [-0.05, 0) is 26.2 Å². The second-order valence-corrected chi connectivity index (χ2v) is 5.37. The molecule has 0 aromatic carbocycles. The van der Waals surface area contributed by atoms with E-state index in [1.54, 1.807) is 6.92 Å². The maximum Gasteiger partial charge on any atom is 0.136 e. The molecule has 0 aromatic rings. The molecule has 0 amide bonds. The molecule has 18 heavy (non-hydrogen) atoms. The summed E-state index contributed by atoms with van der Waals surface area (Å²) in [6, 6.07) is 0. The summed E-state index contributed by atoms with van der Waals surface area (Å²) in [6.45, 7) is 7.04. The molecular formula is C15H26O3. The van der Waals surface area contributed by atoms with Gasteiger partial charge in [0.15, 0.2) is 0 Å². The van der Waals surface area contributed by atoms with E-state index in [1.807, 2.05) is 6.92 Å². The average Bonchev–Trinajstić information content (AvgIpc) is 2.25. The van der Waals surface area contributed by atoms with Gasteiger partial charge in [0.1, 0.15) is 17.3 Å². The van der Waals surface area contributed by atoms with E-state index in [-0.39, 0.29) is 23.3 Å². The zero-order valence-corrected chi connectivity index (χ0v) is 12.1. The molecular weight excluding hydrogens is 228 g/mol. The molecule has 0 aliphatic heterocycles. The van der Waals surface area contributed by atoms with Gasteiger partial charge in [0, 0.05) is 25.2 Å². The molecule has 0 heterocycles. The molecule has 0 radical (unpaired) electrons. The number of rotatable bonds is 10. The van der Waals surface area contributed by atoms with Crippen molar-refractivity contribution in [2.45, 2.75) is 66.2 Å². The molecule has 0 saturated carbocycles. The topological polar surface area (TPSA) is 51.2 Å². The molecule has 3 nitrogen and oxygen atoms in total. The predicted octanol–water partition coefficient (Wildman–Crippen LogP) is 3.35. The molecule has 104 valence electrons. The number of carbonyl (C=O) groups is 3. The first-order valence-electron chi connectivity index (χ1n) is 6.88. The fourth-order valence-electron chi connectivity index (χ4n) is 2.32.